The van der Waals surface area contributed by atoms with Gasteiger partial charge in [0.05, 0.1) is 0 Å². The molecule has 0 bridgehead atoms. The van der Waals surface area contributed by atoms with Gasteiger partial charge in [-0.15, -0.1) is 0 Å². The first-order valence-electron chi connectivity index (χ1n) is 4.72. The van der Waals surface area contributed by atoms with Crippen LogP contribution in [-0.2, 0) is 5.75 Å². The van der Waals surface area contributed by atoms with E-state index >= 15 is 0 Å². The van der Waals surface area contributed by atoms with Crippen molar-refractivity contribution in [2.75, 3.05) is 12.3 Å². The van der Waals surface area contributed by atoms with Gasteiger partial charge in [-0.1, -0.05) is 42.0 Å². The lowest BCUT2D eigenvalue weighted by molar-refractivity contribution is 1.15. The third-order valence-corrected chi connectivity index (χ3v) is 3.10. The Morgan fingerprint density at radius 1 is 1.50 bits per heavy atom. The summed E-state index contributed by atoms with van der Waals surface area (Å²) in [6, 6.07) is 8.60. The predicted molar refractivity (Wildman–Crippen MR) is 65.5 cm³/mol. The molecule has 1 nitrogen and oxygen atoms in total. The summed E-state index contributed by atoms with van der Waals surface area (Å²) in [6.45, 7) is 6.59. The van der Waals surface area contributed by atoms with Crippen LogP contribution in [0.1, 0.15) is 11.1 Å². The zero-order chi connectivity index (χ0) is 10.4. The van der Waals surface area contributed by atoms with E-state index in [0.717, 1.165) is 17.1 Å². The maximum Gasteiger partial charge on any atom is 0.0187 e. The number of benzene rings is 1. The quantitative estimate of drug-likeness (QED) is 0.751. The molecule has 0 fully saturated rings. The molecule has 2 heteroatoms. The Bertz CT molecular complexity index is 307. The molecule has 0 saturated heterocycles. The van der Waals surface area contributed by atoms with Crippen molar-refractivity contribution in [2.45, 2.75) is 12.7 Å². The Hall–Kier alpha value is -0.730. The molecule has 0 aromatic heterocycles. The molecule has 1 aromatic carbocycles. The minimum atomic E-state index is 0.598. The van der Waals surface area contributed by atoms with Crippen LogP contribution in [0.2, 0.25) is 0 Å². The average molecular weight is 207 g/mol. The van der Waals surface area contributed by atoms with Gasteiger partial charge < -0.3 is 5.73 Å². The number of rotatable bonds is 5. The summed E-state index contributed by atoms with van der Waals surface area (Å²) < 4.78 is 0. The van der Waals surface area contributed by atoms with Crippen LogP contribution >= 0.6 is 11.8 Å². The highest BCUT2D eigenvalue weighted by Gasteiger charge is 1.95. The van der Waals surface area contributed by atoms with Gasteiger partial charge in [-0.2, -0.15) is 11.8 Å². The first-order valence-corrected chi connectivity index (χ1v) is 5.88. The summed E-state index contributed by atoms with van der Waals surface area (Å²) in [4.78, 5) is 0. The summed E-state index contributed by atoms with van der Waals surface area (Å²) in [5.41, 5.74) is 9.27. The number of hydrogen-bond acceptors (Lipinski definition) is 2. The van der Waals surface area contributed by atoms with Gasteiger partial charge in [0.2, 0.25) is 0 Å². The Labute approximate surface area is 90.4 Å². The van der Waals surface area contributed by atoms with Gasteiger partial charge in [0.15, 0.2) is 0 Å². The van der Waals surface area contributed by atoms with Gasteiger partial charge >= 0.3 is 0 Å². The molecular weight excluding hydrogens is 190 g/mol. The van der Waals surface area contributed by atoms with Gasteiger partial charge in [0.1, 0.15) is 0 Å². The van der Waals surface area contributed by atoms with Crippen LogP contribution in [0.15, 0.2) is 36.4 Å². The standard InChI is InChI=1S/C12H17NS/c1-10-4-3-5-12(6-10)9-14-8-11(2)7-13/h3-6H,2,7-9,13H2,1H3. The van der Waals surface area contributed by atoms with Gasteiger partial charge in [-0.25, -0.2) is 0 Å². The molecule has 1 rings (SSSR count). The van der Waals surface area contributed by atoms with E-state index in [1.807, 2.05) is 11.8 Å². The van der Waals surface area contributed by atoms with Crippen molar-refractivity contribution in [1.29, 1.82) is 0 Å². The minimum absolute atomic E-state index is 0.598. The summed E-state index contributed by atoms with van der Waals surface area (Å²) >= 11 is 1.87. The topological polar surface area (TPSA) is 26.0 Å². The average Bonchev–Trinajstić information content (AvgIpc) is 2.17. The summed E-state index contributed by atoms with van der Waals surface area (Å²) in [5, 5.41) is 0. The van der Waals surface area contributed by atoms with Gasteiger partial charge in [-0.3, -0.25) is 0 Å². The van der Waals surface area contributed by atoms with E-state index in [1.165, 1.54) is 11.1 Å². The van der Waals surface area contributed by atoms with E-state index in [-0.39, 0.29) is 0 Å². The molecule has 76 valence electrons. The molecule has 0 saturated carbocycles. The maximum atomic E-state index is 5.46. The molecule has 0 atom stereocenters. The predicted octanol–water partition coefficient (Wildman–Crippen LogP) is 2.74. The first kappa shape index (κ1) is 11.3. The monoisotopic (exact) mass is 207 g/mol. The second kappa shape index (κ2) is 5.89. The van der Waals surface area contributed by atoms with Crippen LogP contribution in [0.4, 0.5) is 0 Å². The lowest BCUT2D eigenvalue weighted by Crippen LogP contribution is -2.03. The molecule has 0 unspecified atom stereocenters. The number of hydrogen-bond donors (Lipinski definition) is 1. The van der Waals surface area contributed by atoms with Crippen molar-refractivity contribution in [2.24, 2.45) is 5.73 Å². The van der Waals surface area contributed by atoms with E-state index < -0.39 is 0 Å². The normalized spacial score (nSPS) is 10.1. The van der Waals surface area contributed by atoms with E-state index in [2.05, 4.69) is 37.8 Å². The molecule has 0 radical (unpaired) electrons. The summed E-state index contributed by atoms with van der Waals surface area (Å²) in [7, 11) is 0. The highest BCUT2D eigenvalue weighted by Crippen LogP contribution is 2.15. The second-order valence-corrected chi connectivity index (χ2v) is 4.42. The second-order valence-electron chi connectivity index (χ2n) is 3.44. The van der Waals surface area contributed by atoms with E-state index in [9.17, 15) is 0 Å². The third-order valence-electron chi connectivity index (χ3n) is 1.95. The van der Waals surface area contributed by atoms with Crippen molar-refractivity contribution < 1.29 is 0 Å². The van der Waals surface area contributed by atoms with Gasteiger partial charge in [0, 0.05) is 18.1 Å². The molecule has 0 heterocycles. The highest BCUT2D eigenvalue weighted by atomic mass is 32.2. The molecule has 14 heavy (non-hydrogen) atoms. The van der Waals surface area contributed by atoms with Crippen LogP contribution in [0.3, 0.4) is 0 Å². The molecular formula is C12H17NS. The number of aryl methyl sites for hydroxylation is 1. The zero-order valence-corrected chi connectivity index (χ0v) is 9.44. The Balaban J connectivity index is 2.35. The maximum absolute atomic E-state index is 5.46. The Morgan fingerprint density at radius 2 is 2.29 bits per heavy atom. The first-order chi connectivity index (χ1) is 6.72. The molecule has 0 aliphatic carbocycles. The number of nitrogens with two attached hydrogens (primary N) is 1. The van der Waals surface area contributed by atoms with Crippen molar-refractivity contribution in [3.05, 3.63) is 47.5 Å². The lowest BCUT2D eigenvalue weighted by atomic mass is 10.2. The van der Waals surface area contributed by atoms with E-state index in [0.29, 0.717) is 6.54 Å². The van der Waals surface area contributed by atoms with Crippen molar-refractivity contribution in [1.82, 2.24) is 0 Å². The smallest absolute Gasteiger partial charge is 0.0187 e. The molecule has 0 amide bonds. The summed E-state index contributed by atoms with van der Waals surface area (Å²) in [6.07, 6.45) is 0. The SMILES string of the molecule is C=C(CN)CSCc1cccc(C)c1. The van der Waals surface area contributed by atoms with Crippen LogP contribution in [0, 0.1) is 6.92 Å². The summed E-state index contributed by atoms with van der Waals surface area (Å²) in [5.74, 6) is 2.01. The molecule has 0 aliphatic heterocycles. The fourth-order valence-electron chi connectivity index (χ4n) is 1.17. The molecule has 2 N–H and O–H groups in total. The van der Waals surface area contributed by atoms with Crippen LogP contribution < -0.4 is 5.73 Å². The minimum Gasteiger partial charge on any atom is -0.327 e. The number of thioether (sulfide) groups is 1. The van der Waals surface area contributed by atoms with Gasteiger partial charge in [0.25, 0.3) is 0 Å². The van der Waals surface area contributed by atoms with Crippen LogP contribution in [0.25, 0.3) is 0 Å². The fraction of sp³-hybridized carbons (Fsp3) is 0.333. The fourth-order valence-corrected chi connectivity index (χ4v) is 2.10. The van der Waals surface area contributed by atoms with Crippen LogP contribution in [-0.4, -0.2) is 12.3 Å². The van der Waals surface area contributed by atoms with E-state index in [4.69, 9.17) is 5.73 Å². The van der Waals surface area contributed by atoms with Crippen molar-refractivity contribution in [3.63, 3.8) is 0 Å². The van der Waals surface area contributed by atoms with Gasteiger partial charge in [-0.05, 0) is 12.5 Å². The largest absolute Gasteiger partial charge is 0.327 e. The molecule has 0 spiro atoms. The molecule has 0 aliphatic rings. The zero-order valence-electron chi connectivity index (χ0n) is 8.62. The van der Waals surface area contributed by atoms with Crippen LogP contribution in [0.5, 0.6) is 0 Å². The third kappa shape index (κ3) is 3.99. The highest BCUT2D eigenvalue weighted by molar-refractivity contribution is 7.98. The molecule has 1 aromatic rings. The van der Waals surface area contributed by atoms with E-state index in [1.54, 1.807) is 0 Å². The Morgan fingerprint density at radius 3 is 2.93 bits per heavy atom. The van der Waals surface area contributed by atoms with Crippen molar-refractivity contribution >= 4 is 11.8 Å². The lowest BCUT2D eigenvalue weighted by Gasteiger charge is -2.03. The van der Waals surface area contributed by atoms with Crippen molar-refractivity contribution in [3.8, 4) is 0 Å². The Kier molecular flexibility index (Phi) is 4.77.